The predicted molar refractivity (Wildman–Crippen MR) is 68.1 cm³/mol. The molecule has 7 heteroatoms. The maximum atomic E-state index is 10.4. The summed E-state index contributed by atoms with van der Waals surface area (Å²) in [5.74, 6) is 0.280. The molecule has 16 heavy (non-hydrogen) atoms. The number of anilines is 2. The maximum absolute atomic E-state index is 10.4. The van der Waals surface area contributed by atoms with Crippen LogP contribution in [0.3, 0.4) is 0 Å². The van der Waals surface area contributed by atoms with Gasteiger partial charge < -0.3 is 11.1 Å². The lowest BCUT2D eigenvalue weighted by atomic mass is 10.2. The zero-order chi connectivity index (χ0) is 12.2. The summed E-state index contributed by atoms with van der Waals surface area (Å²) >= 11 is 0. The summed E-state index contributed by atoms with van der Waals surface area (Å²) in [7, 11) is -3.44. The van der Waals surface area contributed by atoms with Gasteiger partial charge in [0.25, 0.3) is 0 Å². The van der Waals surface area contributed by atoms with Crippen LogP contribution in [0.4, 0.5) is 11.4 Å². The van der Waals surface area contributed by atoms with Gasteiger partial charge in [0.15, 0.2) is 0 Å². The van der Waals surface area contributed by atoms with E-state index in [0.29, 0.717) is 23.0 Å². The van der Waals surface area contributed by atoms with Crippen LogP contribution in [0.1, 0.15) is 5.56 Å². The van der Waals surface area contributed by atoms with E-state index in [4.69, 9.17) is 10.3 Å². The second-order valence-electron chi connectivity index (χ2n) is 3.25. The molecule has 0 aromatic heterocycles. The Balaban J connectivity index is 2.43. The Morgan fingerprint density at radius 1 is 1.50 bits per heavy atom. The minimum Gasteiger partial charge on any atom is -0.399 e. The summed E-state index contributed by atoms with van der Waals surface area (Å²) in [6.07, 6.45) is 0. The van der Waals surface area contributed by atoms with Crippen LogP contribution >= 0.6 is 10.8 Å². The Morgan fingerprint density at radius 3 is 2.75 bits per heavy atom. The van der Waals surface area contributed by atoms with Crippen molar-refractivity contribution >= 4 is 31.3 Å². The molecule has 1 aromatic carbocycles. The van der Waals surface area contributed by atoms with Crippen LogP contribution < -0.4 is 11.1 Å². The molecule has 0 radical (unpaired) electrons. The number of benzene rings is 1. The summed E-state index contributed by atoms with van der Waals surface area (Å²) in [5.41, 5.74) is 8.19. The van der Waals surface area contributed by atoms with Crippen molar-refractivity contribution in [1.29, 1.82) is 0 Å². The zero-order valence-electron chi connectivity index (χ0n) is 8.80. The smallest absolute Gasteiger partial charge is 0.319 e. The summed E-state index contributed by atoms with van der Waals surface area (Å²) in [6.45, 7) is 2.36. The molecular weight excluding hydrogens is 248 g/mol. The first-order valence-corrected chi connectivity index (χ1v) is 7.54. The molecule has 90 valence electrons. The summed E-state index contributed by atoms with van der Waals surface area (Å²) < 4.78 is 29.4. The number of hydrogen-bond acceptors (Lipinski definition) is 5. The van der Waals surface area contributed by atoms with Gasteiger partial charge in [-0.1, -0.05) is 0 Å². The van der Waals surface area contributed by atoms with Crippen molar-refractivity contribution in [1.82, 2.24) is 0 Å². The Kier molecular flexibility index (Phi) is 4.45. The van der Waals surface area contributed by atoms with Gasteiger partial charge in [0.2, 0.25) is 0 Å². The average Bonchev–Trinajstić information content (AvgIpc) is 2.13. The van der Waals surface area contributed by atoms with Gasteiger partial charge in [0, 0.05) is 23.7 Å². The number of rotatable bonds is 5. The van der Waals surface area contributed by atoms with Crippen LogP contribution in [0, 0.1) is 6.92 Å². The third-order valence-corrected chi connectivity index (χ3v) is 3.96. The molecule has 0 aliphatic rings. The fraction of sp³-hybridized carbons (Fsp3) is 0.333. The van der Waals surface area contributed by atoms with Crippen LogP contribution in [0.5, 0.6) is 0 Å². The largest absolute Gasteiger partial charge is 0.399 e. The Hall–Kier alpha value is -0.920. The number of nitrogens with one attached hydrogen (secondary N) is 1. The van der Waals surface area contributed by atoms with E-state index in [0.717, 1.165) is 11.3 Å². The van der Waals surface area contributed by atoms with Crippen molar-refractivity contribution in [3.05, 3.63) is 23.8 Å². The standard InChI is InChI=1S/C9H14N2O3S2/c1-7-6-8(10)2-3-9(7)11-4-5-15-16(12,13)14/h2-3,6,11H,4-5,10H2,1H3,(H,12,13,14). The lowest BCUT2D eigenvalue weighted by molar-refractivity contribution is 0.503. The zero-order valence-corrected chi connectivity index (χ0v) is 10.4. The van der Waals surface area contributed by atoms with E-state index < -0.39 is 9.15 Å². The highest BCUT2D eigenvalue weighted by molar-refractivity contribution is 8.69. The van der Waals surface area contributed by atoms with E-state index in [9.17, 15) is 8.42 Å². The topological polar surface area (TPSA) is 92.4 Å². The second kappa shape index (κ2) is 5.42. The molecule has 1 rings (SSSR count). The number of aryl methyl sites for hydroxylation is 1. The van der Waals surface area contributed by atoms with Crippen molar-refractivity contribution in [3.63, 3.8) is 0 Å². The first-order chi connectivity index (χ1) is 7.38. The van der Waals surface area contributed by atoms with Gasteiger partial charge in [0.1, 0.15) is 0 Å². The molecule has 0 bridgehead atoms. The first kappa shape index (κ1) is 13.1. The van der Waals surface area contributed by atoms with E-state index in [2.05, 4.69) is 5.32 Å². The quantitative estimate of drug-likeness (QED) is 0.322. The molecule has 4 N–H and O–H groups in total. The average molecular weight is 262 g/mol. The summed E-state index contributed by atoms with van der Waals surface area (Å²) in [4.78, 5) is 0. The lowest BCUT2D eigenvalue weighted by Crippen LogP contribution is -2.07. The fourth-order valence-electron chi connectivity index (χ4n) is 1.22. The van der Waals surface area contributed by atoms with Crippen molar-refractivity contribution in [2.24, 2.45) is 0 Å². The Morgan fingerprint density at radius 2 is 2.19 bits per heavy atom. The van der Waals surface area contributed by atoms with Gasteiger partial charge in [0.05, 0.1) is 0 Å². The van der Waals surface area contributed by atoms with Crippen LogP contribution in [0.25, 0.3) is 0 Å². The minimum absolute atomic E-state index is 0.280. The summed E-state index contributed by atoms with van der Waals surface area (Å²) in [5, 5.41) is 3.06. The Labute approximate surface area is 98.6 Å². The third kappa shape index (κ3) is 4.73. The van der Waals surface area contributed by atoms with Gasteiger partial charge in [-0.25, -0.2) is 0 Å². The molecule has 0 atom stereocenters. The van der Waals surface area contributed by atoms with E-state index in [-0.39, 0.29) is 5.75 Å². The number of nitrogen functional groups attached to an aromatic ring is 1. The summed E-state index contributed by atoms with van der Waals surface area (Å²) in [6, 6.07) is 5.44. The number of nitrogens with two attached hydrogens (primary N) is 1. The van der Waals surface area contributed by atoms with Crippen molar-refractivity contribution < 1.29 is 13.0 Å². The molecule has 0 saturated heterocycles. The molecule has 0 amide bonds. The maximum Gasteiger partial charge on any atom is 0.319 e. The van der Waals surface area contributed by atoms with E-state index in [1.807, 2.05) is 19.1 Å². The van der Waals surface area contributed by atoms with E-state index in [1.54, 1.807) is 6.07 Å². The molecular formula is C9H14N2O3S2. The fourth-order valence-corrected chi connectivity index (χ4v) is 2.50. The lowest BCUT2D eigenvalue weighted by Gasteiger charge is -2.09. The van der Waals surface area contributed by atoms with Crippen molar-refractivity contribution in [2.75, 3.05) is 23.3 Å². The normalized spacial score (nSPS) is 11.4. The van der Waals surface area contributed by atoms with Crippen molar-refractivity contribution in [3.8, 4) is 0 Å². The molecule has 0 heterocycles. The van der Waals surface area contributed by atoms with Gasteiger partial charge in [-0.3, -0.25) is 4.55 Å². The first-order valence-electron chi connectivity index (χ1n) is 4.60. The van der Waals surface area contributed by atoms with Gasteiger partial charge in [-0.2, -0.15) is 8.42 Å². The monoisotopic (exact) mass is 262 g/mol. The van der Waals surface area contributed by atoms with Gasteiger partial charge >= 0.3 is 9.15 Å². The van der Waals surface area contributed by atoms with E-state index in [1.165, 1.54) is 0 Å². The highest BCUT2D eigenvalue weighted by Crippen LogP contribution is 2.18. The molecule has 0 aliphatic carbocycles. The van der Waals surface area contributed by atoms with Crippen molar-refractivity contribution in [2.45, 2.75) is 6.92 Å². The second-order valence-corrected chi connectivity index (χ2v) is 6.72. The predicted octanol–water partition coefficient (Wildman–Crippen LogP) is 1.53. The SMILES string of the molecule is Cc1cc(N)ccc1NCCSS(=O)(=O)O. The minimum atomic E-state index is -3.94. The molecule has 0 spiro atoms. The molecule has 0 aliphatic heterocycles. The van der Waals surface area contributed by atoms with Crippen LogP contribution in [-0.2, 0) is 9.15 Å². The molecule has 5 nitrogen and oxygen atoms in total. The van der Waals surface area contributed by atoms with Gasteiger partial charge in [-0.05, 0) is 41.5 Å². The molecule has 0 fully saturated rings. The molecule has 1 aromatic rings. The molecule has 0 unspecified atom stereocenters. The van der Waals surface area contributed by atoms with Crippen LogP contribution in [0.15, 0.2) is 18.2 Å². The Bertz CT molecular complexity index is 460. The highest BCUT2D eigenvalue weighted by Gasteiger charge is 2.04. The van der Waals surface area contributed by atoms with Crippen LogP contribution in [-0.4, -0.2) is 25.3 Å². The van der Waals surface area contributed by atoms with Gasteiger partial charge in [-0.15, -0.1) is 0 Å². The number of hydrogen-bond donors (Lipinski definition) is 3. The third-order valence-electron chi connectivity index (χ3n) is 1.90. The van der Waals surface area contributed by atoms with Crippen LogP contribution in [0.2, 0.25) is 0 Å². The highest BCUT2D eigenvalue weighted by atomic mass is 33.1. The molecule has 0 saturated carbocycles. The van der Waals surface area contributed by atoms with E-state index >= 15 is 0 Å².